The molecule has 1 atom stereocenters. The van der Waals surface area contributed by atoms with Crippen LogP contribution in [0.4, 0.5) is 5.69 Å². The van der Waals surface area contributed by atoms with Crippen LogP contribution in [0.5, 0.6) is 0 Å². The van der Waals surface area contributed by atoms with E-state index in [4.69, 9.17) is 27.9 Å². The van der Waals surface area contributed by atoms with Gasteiger partial charge in [-0.05, 0) is 37.6 Å². The van der Waals surface area contributed by atoms with Crippen LogP contribution in [-0.2, 0) is 14.3 Å². The predicted octanol–water partition coefficient (Wildman–Crippen LogP) is 3.74. The maximum atomic E-state index is 12.1. The van der Waals surface area contributed by atoms with Crippen LogP contribution in [0, 0.1) is 5.41 Å². The lowest BCUT2D eigenvalue weighted by Crippen LogP contribution is -2.24. The zero-order valence-electron chi connectivity index (χ0n) is 13.5. The predicted molar refractivity (Wildman–Crippen MR) is 92.4 cm³/mol. The molecule has 1 fully saturated rings. The monoisotopic (exact) mass is 371 g/mol. The third-order valence-electron chi connectivity index (χ3n) is 4.01. The quantitative estimate of drug-likeness (QED) is 0.450. The lowest BCUT2D eigenvalue weighted by molar-refractivity contribution is -0.148. The number of benzene rings is 1. The van der Waals surface area contributed by atoms with E-state index in [2.05, 4.69) is 5.32 Å². The number of carbonyl (C=O) groups excluding carboxylic acids is 3. The van der Waals surface area contributed by atoms with E-state index in [0.717, 1.165) is 6.42 Å². The Morgan fingerprint density at radius 2 is 1.79 bits per heavy atom. The topological polar surface area (TPSA) is 72.5 Å². The first-order valence-corrected chi connectivity index (χ1v) is 8.43. The summed E-state index contributed by atoms with van der Waals surface area (Å²) in [6, 6.07) is 6.41. The van der Waals surface area contributed by atoms with Crippen LogP contribution in [-0.4, -0.2) is 28.6 Å². The first-order valence-electron chi connectivity index (χ1n) is 7.68. The number of anilines is 1. The van der Waals surface area contributed by atoms with Crippen molar-refractivity contribution in [2.24, 2.45) is 5.41 Å². The number of nitrogens with one attached hydrogen (secondary N) is 1. The van der Waals surface area contributed by atoms with Crippen molar-refractivity contribution in [1.29, 1.82) is 0 Å². The highest BCUT2D eigenvalue weighted by atomic mass is 35.5. The maximum absolute atomic E-state index is 12.1. The third kappa shape index (κ3) is 4.08. The first kappa shape index (κ1) is 18.7. The minimum atomic E-state index is -1.12. The number of esters is 1. The Morgan fingerprint density at radius 3 is 2.29 bits per heavy atom. The maximum Gasteiger partial charge on any atom is 0.315 e. The lowest BCUT2D eigenvalue weighted by atomic mass is 10.1. The minimum Gasteiger partial charge on any atom is -0.457 e. The van der Waals surface area contributed by atoms with E-state index in [1.54, 1.807) is 31.2 Å². The lowest BCUT2D eigenvalue weighted by Gasteiger charge is -2.11. The molecule has 0 heterocycles. The normalized spacial score (nSPS) is 21.0. The first-order chi connectivity index (χ1) is 11.2. The van der Waals surface area contributed by atoms with Crippen molar-refractivity contribution in [3.05, 3.63) is 29.8 Å². The minimum absolute atomic E-state index is 0.0752. The molecule has 0 radical (unpaired) electrons. The fraction of sp³-hybridized carbons (Fsp3) is 0.471. The van der Waals surface area contributed by atoms with Crippen LogP contribution in [0.25, 0.3) is 0 Å². The fourth-order valence-corrected chi connectivity index (χ4v) is 2.87. The standard InChI is InChI=1S/C17H19Cl2NO4/c1-3-4-14(22)20-12-7-5-11(6-8-12)13(21)9-24-15(23)16(2)10-17(16,18)19/h5-8H,3-4,9-10H2,1-2H3,(H,20,22)/t16-/m1/s1. The Bertz CT molecular complexity index is 657. The number of Topliss-reactive ketones (excluding diaryl/α,β-unsaturated/α-hetero) is 1. The van der Waals surface area contributed by atoms with Gasteiger partial charge in [0.2, 0.25) is 5.91 Å². The molecule has 130 valence electrons. The molecule has 0 bridgehead atoms. The zero-order chi connectivity index (χ0) is 18.0. The van der Waals surface area contributed by atoms with E-state index in [1.807, 2.05) is 6.92 Å². The largest absolute Gasteiger partial charge is 0.457 e. The second kappa shape index (κ2) is 7.11. The highest BCUT2D eigenvalue weighted by Gasteiger charge is 2.69. The van der Waals surface area contributed by atoms with E-state index in [9.17, 15) is 14.4 Å². The average Bonchev–Trinajstić information content (AvgIpc) is 3.05. The number of halogens is 2. The second-order valence-corrected chi connectivity index (χ2v) is 7.57. The van der Waals surface area contributed by atoms with Crippen LogP contribution in [0.3, 0.4) is 0 Å². The van der Waals surface area contributed by atoms with Gasteiger partial charge in [-0.3, -0.25) is 14.4 Å². The summed E-state index contributed by atoms with van der Waals surface area (Å²) in [5, 5.41) is 2.73. The molecule has 0 aromatic heterocycles. The van der Waals surface area contributed by atoms with Gasteiger partial charge in [-0.25, -0.2) is 0 Å². The van der Waals surface area contributed by atoms with E-state index in [-0.39, 0.29) is 18.3 Å². The molecular formula is C17H19Cl2NO4. The van der Waals surface area contributed by atoms with Gasteiger partial charge in [0.15, 0.2) is 12.4 Å². The van der Waals surface area contributed by atoms with Crippen molar-refractivity contribution in [3.8, 4) is 0 Å². The number of amides is 1. The molecule has 2 rings (SSSR count). The van der Waals surface area contributed by atoms with Crippen LogP contribution in [0.1, 0.15) is 43.5 Å². The van der Waals surface area contributed by atoms with Crippen molar-refractivity contribution in [3.63, 3.8) is 0 Å². The molecule has 7 heteroatoms. The van der Waals surface area contributed by atoms with Crippen molar-refractivity contribution in [2.75, 3.05) is 11.9 Å². The molecule has 1 aromatic carbocycles. The number of hydrogen-bond acceptors (Lipinski definition) is 4. The molecule has 0 spiro atoms. The van der Waals surface area contributed by atoms with E-state index < -0.39 is 15.7 Å². The Hall–Kier alpha value is -1.59. The SMILES string of the molecule is CCCC(=O)Nc1ccc(C(=O)COC(=O)[C@@]2(C)CC2(Cl)Cl)cc1. The second-order valence-electron chi connectivity index (χ2n) is 6.09. The van der Waals surface area contributed by atoms with E-state index >= 15 is 0 Å². The number of rotatable bonds is 7. The molecule has 0 aliphatic heterocycles. The van der Waals surface area contributed by atoms with Gasteiger partial charge in [-0.15, -0.1) is 23.2 Å². The van der Waals surface area contributed by atoms with Gasteiger partial charge < -0.3 is 10.1 Å². The Labute approximate surface area is 150 Å². The number of ether oxygens (including phenoxy) is 1. The molecule has 1 aromatic rings. The van der Waals surface area contributed by atoms with Crippen molar-refractivity contribution >= 4 is 46.5 Å². The highest BCUT2D eigenvalue weighted by Crippen LogP contribution is 2.64. The van der Waals surface area contributed by atoms with Gasteiger partial charge >= 0.3 is 5.97 Å². The molecule has 1 aliphatic carbocycles. The van der Waals surface area contributed by atoms with E-state index in [0.29, 0.717) is 24.1 Å². The summed E-state index contributed by atoms with van der Waals surface area (Å²) in [7, 11) is 0. The summed E-state index contributed by atoms with van der Waals surface area (Å²) in [6.45, 7) is 3.15. The molecule has 0 saturated heterocycles. The van der Waals surface area contributed by atoms with Gasteiger partial charge in [0.05, 0.1) is 0 Å². The molecule has 1 saturated carbocycles. The van der Waals surface area contributed by atoms with Crippen LogP contribution in [0.15, 0.2) is 24.3 Å². The van der Waals surface area contributed by atoms with Crippen LogP contribution >= 0.6 is 23.2 Å². The summed E-state index contributed by atoms with van der Waals surface area (Å²) >= 11 is 11.8. The van der Waals surface area contributed by atoms with Crippen LogP contribution < -0.4 is 5.32 Å². The number of hydrogen-bond donors (Lipinski definition) is 1. The number of alkyl halides is 2. The zero-order valence-corrected chi connectivity index (χ0v) is 15.0. The molecule has 1 N–H and O–H groups in total. The summed E-state index contributed by atoms with van der Waals surface area (Å²) in [5.41, 5.74) is 0.0471. The van der Waals surface area contributed by atoms with Gasteiger partial charge in [-0.1, -0.05) is 6.92 Å². The highest BCUT2D eigenvalue weighted by molar-refractivity contribution is 6.53. The number of ketones is 1. The Kier molecular flexibility index (Phi) is 5.56. The van der Waals surface area contributed by atoms with Crippen LogP contribution in [0.2, 0.25) is 0 Å². The summed E-state index contributed by atoms with van der Waals surface area (Å²) < 4.78 is 3.90. The van der Waals surface area contributed by atoms with Crippen molar-refractivity contribution in [1.82, 2.24) is 0 Å². The molecule has 0 unspecified atom stereocenters. The summed E-state index contributed by atoms with van der Waals surface area (Å²) in [6.07, 6.45) is 1.51. The molecule has 1 amide bonds. The smallest absolute Gasteiger partial charge is 0.315 e. The molecule has 5 nitrogen and oxygen atoms in total. The Balaban J connectivity index is 1.87. The van der Waals surface area contributed by atoms with Crippen molar-refractivity contribution in [2.45, 2.75) is 37.4 Å². The fourth-order valence-electron chi connectivity index (χ4n) is 2.19. The van der Waals surface area contributed by atoms with Gasteiger partial charge in [0, 0.05) is 24.1 Å². The molecule has 24 heavy (non-hydrogen) atoms. The van der Waals surface area contributed by atoms with Gasteiger partial charge in [0.1, 0.15) is 9.75 Å². The van der Waals surface area contributed by atoms with Gasteiger partial charge in [-0.2, -0.15) is 0 Å². The summed E-state index contributed by atoms with van der Waals surface area (Å²) in [5.74, 6) is -0.994. The third-order valence-corrected chi connectivity index (χ3v) is 5.11. The molecular weight excluding hydrogens is 353 g/mol. The molecule has 1 aliphatic rings. The average molecular weight is 372 g/mol. The Morgan fingerprint density at radius 1 is 1.21 bits per heavy atom. The van der Waals surface area contributed by atoms with Gasteiger partial charge in [0.25, 0.3) is 0 Å². The number of carbonyl (C=O) groups is 3. The van der Waals surface area contributed by atoms with Crippen molar-refractivity contribution < 1.29 is 19.1 Å². The van der Waals surface area contributed by atoms with E-state index in [1.165, 1.54) is 0 Å². The summed E-state index contributed by atoms with van der Waals surface area (Å²) in [4.78, 5) is 35.5.